The first-order valence-electron chi connectivity index (χ1n) is 9.01. The Bertz CT molecular complexity index is 930. The second kappa shape index (κ2) is 6.92. The maximum atomic E-state index is 13.0. The number of benzene rings is 2. The normalized spacial score (nSPS) is 17.2. The minimum Gasteiger partial charge on any atom is -0.380 e. The van der Waals surface area contributed by atoms with Crippen molar-refractivity contribution in [3.05, 3.63) is 65.0 Å². The highest BCUT2D eigenvalue weighted by Gasteiger charge is 2.32. The van der Waals surface area contributed by atoms with Gasteiger partial charge in [-0.3, -0.25) is 4.79 Å². The fourth-order valence-corrected chi connectivity index (χ4v) is 3.67. The number of hydrogen-bond acceptors (Lipinski definition) is 3. The van der Waals surface area contributed by atoms with E-state index in [0.717, 1.165) is 41.8 Å². The minimum atomic E-state index is 0.00820. The van der Waals surface area contributed by atoms with Gasteiger partial charge in [-0.1, -0.05) is 18.2 Å². The largest absolute Gasteiger partial charge is 0.380 e. The molecule has 0 saturated carbocycles. The van der Waals surface area contributed by atoms with Crippen LogP contribution in [0.4, 0.5) is 0 Å². The van der Waals surface area contributed by atoms with Crippen molar-refractivity contribution in [3.63, 3.8) is 0 Å². The quantitative estimate of drug-likeness (QED) is 0.775. The lowest BCUT2D eigenvalue weighted by atomic mass is 10.1. The van der Waals surface area contributed by atoms with E-state index in [1.165, 1.54) is 5.56 Å². The molecule has 26 heavy (non-hydrogen) atoms. The number of aryl methyl sites for hydroxylation is 1. The van der Waals surface area contributed by atoms with Crippen LogP contribution in [-0.4, -0.2) is 34.4 Å². The number of carbonyl (C=O) groups excluding carboxylic acids is 1. The van der Waals surface area contributed by atoms with Gasteiger partial charge in [0.2, 0.25) is 0 Å². The van der Waals surface area contributed by atoms with Gasteiger partial charge < -0.3 is 14.6 Å². The summed E-state index contributed by atoms with van der Waals surface area (Å²) in [6.07, 6.45) is 1.93. The molecule has 1 amide bonds. The molecule has 134 valence electrons. The monoisotopic (exact) mass is 349 g/mol. The number of H-pyrrole nitrogens is 1. The highest BCUT2D eigenvalue weighted by molar-refractivity contribution is 5.94. The van der Waals surface area contributed by atoms with Gasteiger partial charge in [0.15, 0.2) is 0 Å². The summed E-state index contributed by atoms with van der Waals surface area (Å²) in [6, 6.07) is 13.9. The van der Waals surface area contributed by atoms with Crippen molar-refractivity contribution >= 4 is 16.9 Å². The molecular formula is C21H23N3O2. The van der Waals surface area contributed by atoms with Crippen LogP contribution in [-0.2, 0) is 11.3 Å². The number of amides is 1. The average molecular weight is 349 g/mol. The molecule has 2 aromatic carbocycles. The van der Waals surface area contributed by atoms with Crippen molar-refractivity contribution in [1.29, 1.82) is 0 Å². The number of ether oxygens (including phenoxy) is 1. The first-order valence-corrected chi connectivity index (χ1v) is 9.01. The number of fused-ring (bicyclic) bond motifs is 1. The van der Waals surface area contributed by atoms with E-state index in [9.17, 15) is 4.79 Å². The molecule has 1 fully saturated rings. The molecule has 0 spiro atoms. The molecule has 1 saturated heterocycles. The molecule has 0 radical (unpaired) electrons. The van der Waals surface area contributed by atoms with Gasteiger partial charge >= 0.3 is 0 Å². The summed E-state index contributed by atoms with van der Waals surface area (Å²) in [6.45, 7) is 3.39. The van der Waals surface area contributed by atoms with E-state index in [4.69, 9.17) is 9.72 Å². The van der Waals surface area contributed by atoms with E-state index in [-0.39, 0.29) is 11.9 Å². The van der Waals surface area contributed by atoms with Crippen molar-refractivity contribution in [2.75, 3.05) is 13.7 Å². The molecule has 0 aliphatic carbocycles. The van der Waals surface area contributed by atoms with Crippen molar-refractivity contribution in [2.24, 2.45) is 0 Å². The molecule has 3 aromatic rings. The van der Waals surface area contributed by atoms with Crippen LogP contribution in [0.5, 0.6) is 0 Å². The Morgan fingerprint density at radius 3 is 2.85 bits per heavy atom. The Kier molecular flexibility index (Phi) is 4.47. The van der Waals surface area contributed by atoms with Gasteiger partial charge in [0.25, 0.3) is 5.91 Å². The van der Waals surface area contributed by atoms with E-state index >= 15 is 0 Å². The maximum Gasteiger partial charge on any atom is 0.254 e. The van der Waals surface area contributed by atoms with Crippen LogP contribution < -0.4 is 0 Å². The lowest BCUT2D eigenvalue weighted by molar-refractivity contribution is 0.0730. The second-order valence-corrected chi connectivity index (χ2v) is 6.93. The van der Waals surface area contributed by atoms with E-state index in [1.54, 1.807) is 7.11 Å². The zero-order valence-electron chi connectivity index (χ0n) is 15.2. The van der Waals surface area contributed by atoms with Crippen LogP contribution in [0, 0.1) is 6.92 Å². The van der Waals surface area contributed by atoms with Gasteiger partial charge in [-0.25, -0.2) is 4.98 Å². The molecule has 5 heteroatoms. The summed E-state index contributed by atoms with van der Waals surface area (Å²) in [4.78, 5) is 23.1. The maximum absolute atomic E-state index is 13.0. The Balaban J connectivity index is 1.59. The standard InChI is InChI=1S/C21H23N3O2/c1-14-5-10-17-18(12-14)23-20(22-17)19-4-3-11-24(19)21(25)16-8-6-15(7-9-16)13-26-2/h5-10,12,19H,3-4,11,13H2,1-2H3,(H,22,23)/t19-/m1/s1. The third-order valence-electron chi connectivity index (χ3n) is 5.00. The highest BCUT2D eigenvalue weighted by Crippen LogP contribution is 2.32. The fourth-order valence-electron chi connectivity index (χ4n) is 3.67. The molecular weight excluding hydrogens is 326 g/mol. The van der Waals surface area contributed by atoms with Crippen molar-refractivity contribution in [2.45, 2.75) is 32.4 Å². The Morgan fingerprint density at radius 2 is 2.08 bits per heavy atom. The zero-order valence-corrected chi connectivity index (χ0v) is 15.2. The van der Waals surface area contributed by atoms with Crippen LogP contribution in [0.1, 0.15) is 46.2 Å². The second-order valence-electron chi connectivity index (χ2n) is 6.93. The summed E-state index contributed by atoms with van der Waals surface area (Å²) >= 11 is 0. The van der Waals surface area contributed by atoms with Gasteiger partial charge in [0.1, 0.15) is 5.82 Å². The van der Waals surface area contributed by atoms with E-state index in [2.05, 4.69) is 24.0 Å². The Labute approximate surface area is 153 Å². The first kappa shape index (κ1) is 16.8. The molecule has 1 aromatic heterocycles. The number of aromatic nitrogens is 2. The number of nitrogens with zero attached hydrogens (tertiary/aromatic N) is 2. The molecule has 2 heterocycles. The average Bonchev–Trinajstić information content (AvgIpc) is 3.28. The summed E-state index contributed by atoms with van der Waals surface area (Å²) < 4.78 is 5.13. The van der Waals surface area contributed by atoms with Crippen LogP contribution in [0.3, 0.4) is 0 Å². The topological polar surface area (TPSA) is 58.2 Å². The van der Waals surface area contributed by atoms with Crippen molar-refractivity contribution < 1.29 is 9.53 Å². The third-order valence-corrected chi connectivity index (χ3v) is 5.00. The van der Waals surface area contributed by atoms with Gasteiger partial charge in [0, 0.05) is 19.2 Å². The number of methoxy groups -OCH3 is 1. The molecule has 0 unspecified atom stereocenters. The van der Waals surface area contributed by atoms with Crippen LogP contribution in [0.25, 0.3) is 11.0 Å². The van der Waals surface area contributed by atoms with Gasteiger partial charge in [-0.15, -0.1) is 0 Å². The number of hydrogen-bond donors (Lipinski definition) is 1. The summed E-state index contributed by atoms with van der Waals surface area (Å²) in [5.41, 5.74) is 4.96. The molecule has 1 atom stereocenters. The molecule has 5 nitrogen and oxygen atoms in total. The van der Waals surface area contributed by atoms with Gasteiger partial charge in [-0.2, -0.15) is 0 Å². The molecule has 4 rings (SSSR count). The van der Waals surface area contributed by atoms with E-state index in [1.807, 2.05) is 35.2 Å². The van der Waals surface area contributed by atoms with Crippen molar-refractivity contribution in [1.82, 2.24) is 14.9 Å². The number of likely N-dealkylation sites (tertiary alicyclic amines) is 1. The predicted molar refractivity (Wildman–Crippen MR) is 101 cm³/mol. The number of rotatable bonds is 4. The van der Waals surface area contributed by atoms with Crippen molar-refractivity contribution in [3.8, 4) is 0 Å². The number of carbonyl (C=O) groups is 1. The highest BCUT2D eigenvalue weighted by atomic mass is 16.5. The van der Waals surface area contributed by atoms with E-state index < -0.39 is 0 Å². The fraction of sp³-hybridized carbons (Fsp3) is 0.333. The number of imidazole rings is 1. The predicted octanol–water partition coefficient (Wildman–Crippen LogP) is 4.00. The SMILES string of the molecule is COCc1ccc(C(=O)N2CCC[C@@H]2c2nc3ccc(C)cc3[nH]2)cc1. The number of nitrogens with one attached hydrogen (secondary N) is 1. The molecule has 1 N–H and O–H groups in total. The lowest BCUT2D eigenvalue weighted by Gasteiger charge is -2.23. The number of aromatic amines is 1. The summed E-state index contributed by atoms with van der Waals surface area (Å²) in [7, 11) is 1.67. The van der Waals surface area contributed by atoms with Gasteiger partial charge in [0.05, 0.1) is 23.7 Å². The molecule has 1 aliphatic rings. The Hall–Kier alpha value is -2.66. The summed E-state index contributed by atoms with van der Waals surface area (Å²) in [5, 5.41) is 0. The summed E-state index contributed by atoms with van der Waals surface area (Å²) in [5.74, 6) is 0.945. The molecule has 0 bridgehead atoms. The minimum absolute atomic E-state index is 0.00820. The van der Waals surface area contributed by atoms with Crippen LogP contribution in [0.15, 0.2) is 42.5 Å². The zero-order chi connectivity index (χ0) is 18.1. The van der Waals surface area contributed by atoms with Gasteiger partial charge in [-0.05, 0) is 55.2 Å². The molecule has 1 aliphatic heterocycles. The Morgan fingerprint density at radius 1 is 1.27 bits per heavy atom. The van der Waals surface area contributed by atoms with E-state index in [0.29, 0.717) is 12.2 Å². The van der Waals surface area contributed by atoms with Crippen LogP contribution in [0.2, 0.25) is 0 Å². The smallest absolute Gasteiger partial charge is 0.254 e. The third kappa shape index (κ3) is 3.10. The first-order chi connectivity index (χ1) is 12.7. The lowest BCUT2D eigenvalue weighted by Crippen LogP contribution is -2.31. The van der Waals surface area contributed by atoms with Crippen LogP contribution >= 0.6 is 0 Å².